The van der Waals surface area contributed by atoms with Crippen LogP contribution in [0, 0.1) is 0 Å². The van der Waals surface area contributed by atoms with E-state index in [1.165, 1.54) is 17.4 Å². The van der Waals surface area contributed by atoms with Crippen molar-refractivity contribution in [3.05, 3.63) is 51.8 Å². The maximum atomic E-state index is 12.8. The number of amides is 1. The summed E-state index contributed by atoms with van der Waals surface area (Å²) in [7, 11) is 0. The fourth-order valence-electron chi connectivity index (χ4n) is 3.14. The number of hydrogen-bond acceptors (Lipinski definition) is 6. The maximum absolute atomic E-state index is 12.8. The molecule has 0 aromatic carbocycles. The third-order valence-electron chi connectivity index (χ3n) is 4.67. The number of hydrogen-bond donors (Lipinski definition) is 0. The van der Waals surface area contributed by atoms with Gasteiger partial charge in [0.1, 0.15) is 16.5 Å². The zero-order valence-electron chi connectivity index (χ0n) is 15.2. The first-order valence-corrected chi connectivity index (χ1v) is 10.8. The normalized spacial score (nSPS) is 15.4. The number of halogens is 3. The first kappa shape index (κ1) is 19.8. The van der Waals surface area contributed by atoms with Crippen LogP contribution in [0.5, 0.6) is 0 Å². The minimum atomic E-state index is -4.40. The van der Waals surface area contributed by atoms with Crippen molar-refractivity contribution in [2.24, 2.45) is 0 Å². The van der Waals surface area contributed by atoms with E-state index < -0.39 is 11.7 Å². The minimum Gasteiger partial charge on any atom is -0.355 e. The fraction of sp³-hybridized carbons (Fsp3) is 0.316. The Bertz CT molecular complexity index is 970. The standard InChI is InChI=1S/C19H17F3N4OS2/c20-19(21,22)14-2-3-16(23-10-14)25-5-1-6-26(8-7-25)18(27)15-12-29-17(24-15)13-4-9-28-11-13/h2-4,9-12H,1,5-8H2. The smallest absolute Gasteiger partial charge is 0.355 e. The van der Waals surface area contributed by atoms with E-state index in [0.29, 0.717) is 44.1 Å². The Morgan fingerprint density at radius 2 is 1.93 bits per heavy atom. The summed E-state index contributed by atoms with van der Waals surface area (Å²) >= 11 is 3.02. The molecule has 1 amide bonds. The molecule has 0 unspecified atom stereocenters. The van der Waals surface area contributed by atoms with E-state index >= 15 is 0 Å². The van der Waals surface area contributed by atoms with Crippen LogP contribution in [0.25, 0.3) is 10.6 Å². The van der Waals surface area contributed by atoms with Crippen LogP contribution in [0.3, 0.4) is 0 Å². The van der Waals surface area contributed by atoms with Crippen LogP contribution in [0.15, 0.2) is 40.5 Å². The van der Waals surface area contributed by atoms with Gasteiger partial charge in [-0.25, -0.2) is 9.97 Å². The molecule has 0 saturated carbocycles. The number of aromatic nitrogens is 2. The van der Waals surface area contributed by atoms with Crippen LogP contribution in [0.1, 0.15) is 22.5 Å². The zero-order chi connectivity index (χ0) is 20.4. The summed E-state index contributed by atoms with van der Waals surface area (Å²) < 4.78 is 38.2. The Kier molecular flexibility index (Phi) is 5.55. The number of nitrogens with zero attached hydrogens (tertiary/aromatic N) is 4. The van der Waals surface area contributed by atoms with E-state index in [0.717, 1.165) is 22.8 Å². The largest absolute Gasteiger partial charge is 0.417 e. The van der Waals surface area contributed by atoms with Crippen LogP contribution < -0.4 is 4.90 Å². The summed E-state index contributed by atoms with van der Waals surface area (Å²) in [5, 5.41) is 6.56. The van der Waals surface area contributed by atoms with E-state index in [4.69, 9.17) is 0 Å². The van der Waals surface area contributed by atoms with Crippen LogP contribution in [0.4, 0.5) is 19.0 Å². The van der Waals surface area contributed by atoms with E-state index in [2.05, 4.69) is 9.97 Å². The number of rotatable bonds is 3. The molecular formula is C19H17F3N4OS2. The molecule has 0 N–H and O–H groups in total. The second kappa shape index (κ2) is 8.11. The van der Waals surface area contributed by atoms with Gasteiger partial charge in [-0.3, -0.25) is 4.79 Å². The van der Waals surface area contributed by atoms with Crippen molar-refractivity contribution in [1.29, 1.82) is 0 Å². The Hall–Kier alpha value is -2.46. The summed E-state index contributed by atoms with van der Waals surface area (Å²) in [6.45, 7) is 2.17. The number of thiophene rings is 1. The first-order valence-electron chi connectivity index (χ1n) is 8.97. The van der Waals surface area contributed by atoms with E-state index in [-0.39, 0.29) is 5.91 Å². The lowest BCUT2D eigenvalue weighted by Crippen LogP contribution is -2.35. The number of carbonyl (C=O) groups is 1. The van der Waals surface area contributed by atoms with Gasteiger partial charge in [-0.15, -0.1) is 11.3 Å². The molecule has 152 valence electrons. The van der Waals surface area contributed by atoms with Gasteiger partial charge in [-0.1, -0.05) is 0 Å². The van der Waals surface area contributed by atoms with E-state index in [1.807, 2.05) is 21.7 Å². The Balaban J connectivity index is 1.41. The molecule has 3 aromatic heterocycles. The molecule has 1 saturated heterocycles. The molecule has 0 bridgehead atoms. The minimum absolute atomic E-state index is 0.120. The molecule has 4 rings (SSSR count). The lowest BCUT2D eigenvalue weighted by molar-refractivity contribution is -0.137. The predicted octanol–water partition coefficient (Wildman–Crippen LogP) is 4.64. The highest BCUT2D eigenvalue weighted by molar-refractivity contribution is 7.14. The molecule has 4 heterocycles. The number of pyridine rings is 1. The van der Waals surface area contributed by atoms with Gasteiger partial charge in [0, 0.05) is 48.7 Å². The van der Waals surface area contributed by atoms with Gasteiger partial charge < -0.3 is 9.80 Å². The van der Waals surface area contributed by atoms with Crippen LogP contribution in [-0.2, 0) is 6.18 Å². The molecule has 5 nitrogen and oxygen atoms in total. The molecule has 1 fully saturated rings. The van der Waals surface area contributed by atoms with Gasteiger partial charge in [-0.05, 0) is 30.0 Å². The van der Waals surface area contributed by atoms with Crippen LogP contribution in [-0.4, -0.2) is 47.0 Å². The monoisotopic (exact) mass is 438 g/mol. The Labute approximate surface area is 173 Å². The highest BCUT2D eigenvalue weighted by atomic mass is 32.1. The van der Waals surface area contributed by atoms with E-state index in [1.54, 1.807) is 21.6 Å². The first-order chi connectivity index (χ1) is 13.9. The highest BCUT2D eigenvalue weighted by Gasteiger charge is 2.31. The molecule has 1 aliphatic heterocycles. The van der Waals surface area contributed by atoms with Crippen molar-refractivity contribution in [3.8, 4) is 10.6 Å². The van der Waals surface area contributed by atoms with Crippen molar-refractivity contribution in [2.75, 3.05) is 31.1 Å². The predicted molar refractivity (Wildman–Crippen MR) is 107 cm³/mol. The topological polar surface area (TPSA) is 49.3 Å². The quantitative estimate of drug-likeness (QED) is 0.598. The van der Waals surface area contributed by atoms with Gasteiger partial charge >= 0.3 is 6.18 Å². The summed E-state index contributed by atoms with van der Waals surface area (Å²) in [6.07, 6.45) is -2.84. The van der Waals surface area contributed by atoms with Gasteiger partial charge in [0.2, 0.25) is 0 Å². The number of anilines is 1. The van der Waals surface area contributed by atoms with Crippen molar-refractivity contribution < 1.29 is 18.0 Å². The SMILES string of the molecule is O=C(c1csc(-c2ccsc2)n1)N1CCCN(c2ccc(C(F)(F)F)cn2)CC1. The molecule has 0 spiro atoms. The maximum Gasteiger partial charge on any atom is 0.417 e. The molecule has 29 heavy (non-hydrogen) atoms. The Morgan fingerprint density at radius 3 is 2.62 bits per heavy atom. The van der Waals surface area contributed by atoms with Crippen molar-refractivity contribution in [1.82, 2.24) is 14.9 Å². The average Bonchev–Trinajstić information content (AvgIpc) is 3.34. The molecule has 0 atom stereocenters. The van der Waals surface area contributed by atoms with E-state index in [9.17, 15) is 18.0 Å². The van der Waals surface area contributed by atoms with Gasteiger partial charge in [0.05, 0.1) is 5.56 Å². The molecule has 10 heteroatoms. The molecular weight excluding hydrogens is 421 g/mol. The molecule has 0 aliphatic carbocycles. The van der Waals surface area contributed by atoms with Crippen LogP contribution >= 0.6 is 22.7 Å². The van der Waals surface area contributed by atoms with Gasteiger partial charge in [0.25, 0.3) is 5.91 Å². The number of thiazole rings is 1. The van der Waals surface area contributed by atoms with Gasteiger partial charge in [0.15, 0.2) is 0 Å². The summed E-state index contributed by atoms with van der Waals surface area (Å²) in [5.41, 5.74) is 0.671. The van der Waals surface area contributed by atoms with Crippen LogP contribution in [0.2, 0.25) is 0 Å². The summed E-state index contributed by atoms with van der Waals surface area (Å²) in [5.74, 6) is 0.366. The fourth-order valence-corrected chi connectivity index (χ4v) is 4.65. The lowest BCUT2D eigenvalue weighted by Gasteiger charge is -2.22. The summed E-state index contributed by atoms with van der Waals surface area (Å²) in [6, 6.07) is 4.39. The van der Waals surface area contributed by atoms with Crippen molar-refractivity contribution in [2.45, 2.75) is 12.6 Å². The average molecular weight is 439 g/mol. The highest BCUT2D eigenvalue weighted by Crippen LogP contribution is 2.30. The second-order valence-corrected chi connectivity index (χ2v) is 8.22. The zero-order valence-corrected chi connectivity index (χ0v) is 16.9. The number of carbonyl (C=O) groups excluding carboxylic acids is 1. The Morgan fingerprint density at radius 1 is 1.07 bits per heavy atom. The van der Waals surface area contributed by atoms with Crippen molar-refractivity contribution in [3.63, 3.8) is 0 Å². The lowest BCUT2D eigenvalue weighted by atomic mass is 10.2. The third kappa shape index (κ3) is 4.43. The molecule has 0 radical (unpaired) electrons. The van der Waals surface area contributed by atoms with Crippen molar-refractivity contribution >= 4 is 34.4 Å². The third-order valence-corrected chi connectivity index (χ3v) is 6.25. The molecule has 1 aliphatic rings. The summed E-state index contributed by atoms with van der Waals surface area (Å²) in [4.78, 5) is 24.9. The van der Waals surface area contributed by atoms with Gasteiger partial charge in [-0.2, -0.15) is 24.5 Å². The second-order valence-electron chi connectivity index (χ2n) is 6.59. The number of alkyl halides is 3. The molecule has 3 aromatic rings.